The van der Waals surface area contributed by atoms with Gasteiger partial charge >= 0.3 is 0 Å². The van der Waals surface area contributed by atoms with Crippen molar-refractivity contribution >= 4 is 11.8 Å². The number of methoxy groups -OCH3 is 1. The lowest BCUT2D eigenvalue weighted by atomic mass is 9.93. The van der Waals surface area contributed by atoms with E-state index < -0.39 is 0 Å². The molecule has 1 aliphatic heterocycles. The number of aliphatic imine (C=N–C) groups is 1. The second kappa shape index (κ2) is 8.19. The smallest absolute Gasteiger partial charge is 0.160 e. The minimum atomic E-state index is -0.248. The van der Waals surface area contributed by atoms with E-state index in [1.165, 1.54) is 19.2 Å². The van der Waals surface area contributed by atoms with Crippen molar-refractivity contribution in [2.24, 2.45) is 4.99 Å². The molecule has 0 spiro atoms. The molecule has 5 heteroatoms. The number of benzene rings is 3. The lowest BCUT2D eigenvalue weighted by Crippen LogP contribution is -2.09. The van der Waals surface area contributed by atoms with Gasteiger partial charge in [-0.1, -0.05) is 30.3 Å². The van der Waals surface area contributed by atoms with E-state index in [1.54, 1.807) is 18.2 Å². The molecule has 3 aromatic rings. The topological polar surface area (TPSA) is 53.8 Å². The van der Waals surface area contributed by atoms with Crippen LogP contribution in [-0.2, 0) is 13.1 Å². The Hall–Kier alpha value is -3.60. The monoisotopic (exact) mass is 388 g/mol. The van der Waals surface area contributed by atoms with E-state index in [4.69, 9.17) is 4.74 Å². The van der Waals surface area contributed by atoms with E-state index in [9.17, 15) is 9.50 Å². The number of hydrogen-bond acceptors (Lipinski definition) is 4. The zero-order valence-corrected chi connectivity index (χ0v) is 16.0. The molecule has 0 bridgehead atoms. The Labute approximate surface area is 169 Å². The third kappa shape index (κ3) is 4.14. The van der Waals surface area contributed by atoms with Crippen LogP contribution in [0.15, 0.2) is 71.9 Å². The van der Waals surface area contributed by atoms with E-state index in [1.807, 2.05) is 36.7 Å². The molecule has 1 aliphatic rings. The first-order valence-electron chi connectivity index (χ1n) is 9.32. The maximum absolute atomic E-state index is 13.6. The maximum atomic E-state index is 13.6. The molecule has 0 saturated carbocycles. The van der Waals surface area contributed by atoms with Crippen LogP contribution in [-0.4, -0.2) is 18.4 Å². The summed E-state index contributed by atoms with van der Waals surface area (Å²) in [7, 11) is 1.52. The maximum Gasteiger partial charge on any atom is 0.160 e. The molecule has 4 rings (SSSR count). The average molecular weight is 388 g/mol. The zero-order valence-electron chi connectivity index (χ0n) is 16.0. The highest BCUT2D eigenvalue weighted by Crippen LogP contribution is 2.29. The zero-order chi connectivity index (χ0) is 20.2. The number of hydrogen-bond donors (Lipinski definition) is 2. The highest BCUT2D eigenvalue weighted by Gasteiger charge is 2.12. The molecule has 3 aromatic carbocycles. The van der Waals surface area contributed by atoms with E-state index in [-0.39, 0.29) is 11.6 Å². The van der Waals surface area contributed by atoms with Gasteiger partial charge in [-0.2, -0.15) is 0 Å². The molecule has 2 N–H and O–H groups in total. The van der Waals surface area contributed by atoms with Gasteiger partial charge in [0.15, 0.2) is 11.5 Å². The van der Waals surface area contributed by atoms with Gasteiger partial charge in [0.2, 0.25) is 0 Å². The lowest BCUT2D eigenvalue weighted by Gasteiger charge is -2.16. The first kappa shape index (κ1) is 18.7. The molecular weight excluding hydrogens is 367 g/mol. The van der Waals surface area contributed by atoms with Gasteiger partial charge in [-0.25, -0.2) is 4.39 Å². The Balaban J connectivity index is 1.56. The fraction of sp³-hybridized carbons (Fsp3) is 0.125. The predicted octanol–water partition coefficient (Wildman–Crippen LogP) is 4.92. The van der Waals surface area contributed by atoms with Crippen LogP contribution in [0.4, 0.5) is 4.39 Å². The highest BCUT2D eigenvalue weighted by atomic mass is 19.1. The van der Waals surface area contributed by atoms with Crippen LogP contribution in [0.1, 0.15) is 16.7 Å². The Morgan fingerprint density at radius 3 is 2.76 bits per heavy atom. The van der Waals surface area contributed by atoms with Crippen molar-refractivity contribution in [1.29, 1.82) is 0 Å². The molecule has 0 aromatic heterocycles. The molecule has 0 amide bonds. The summed E-state index contributed by atoms with van der Waals surface area (Å²) in [6.07, 6.45) is 3.76. The van der Waals surface area contributed by atoms with E-state index in [2.05, 4.69) is 16.4 Å². The van der Waals surface area contributed by atoms with Gasteiger partial charge in [0.25, 0.3) is 0 Å². The van der Waals surface area contributed by atoms with Gasteiger partial charge in [0.05, 0.1) is 13.7 Å². The Kier molecular flexibility index (Phi) is 5.29. The largest absolute Gasteiger partial charge is 0.504 e. The quantitative estimate of drug-likeness (QED) is 0.652. The van der Waals surface area contributed by atoms with Crippen molar-refractivity contribution in [2.45, 2.75) is 13.1 Å². The standard InChI is InChI=1S/C24H21FN2O2/c1-29-24-8-5-16(9-23(24)28)12-26-14-20-15-27-13-19-7-6-18(11-22(19)20)17-3-2-4-21(25)10-17/h2-11,14-15,26,28H,12-13H2,1H3/b20-14+. The van der Waals surface area contributed by atoms with Crippen molar-refractivity contribution < 1.29 is 14.2 Å². The minimum absolute atomic E-state index is 0.115. The van der Waals surface area contributed by atoms with Crippen LogP contribution < -0.4 is 10.1 Å². The minimum Gasteiger partial charge on any atom is -0.504 e. The molecule has 4 nitrogen and oxygen atoms in total. The second-order valence-electron chi connectivity index (χ2n) is 6.84. The molecule has 0 radical (unpaired) electrons. The summed E-state index contributed by atoms with van der Waals surface area (Å²) in [4.78, 5) is 4.43. The van der Waals surface area contributed by atoms with Crippen molar-refractivity contribution in [3.05, 3.63) is 89.4 Å². The van der Waals surface area contributed by atoms with Crippen molar-refractivity contribution in [3.63, 3.8) is 0 Å². The highest BCUT2D eigenvalue weighted by molar-refractivity contribution is 6.11. The number of ether oxygens (including phenoxy) is 1. The van der Waals surface area contributed by atoms with E-state index >= 15 is 0 Å². The summed E-state index contributed by atoms with van der Waals surface area (Å²) in [6.45, 7) is 1.18. The van der Waals surface area contributed by atoms with Gasteiger partial charge in [0, 0.05) is 24.5 Å². The van der Waals surface area contributed by atoms with Crippen molar-refractivity contribution in [1.82, 2.24) is 5.32 Å². The Bertz CT molecular complexity index is 1110. The molecule has 0 unspecified atom stereocenters. The van der Waals surface area contributed by atoms with Gasteiger partial charge in [-0.05, 0) is 58.1 Å². The molecule has 146 valence electrons. The number of phenols is 1. The van der Waals surface area contributed by atoms with E-state index in [0.717, 1.165) is 33.4 Å². The SMILES string of the molecule is COc1ccc(CN/C=C2\C=NCc3ccc(-c4cccc(F)c4)cc32)cc1O. The third-order valence-corrected chi connectivity index (χ3v) is 4.88. The molecule has 29 heavy (non-hydrogen) atoms. The summed E-state index contributed by atoms with van der Waals surface area (Å²) in [6, 6.07) is 18.0. The summed E-state index contributed by atoms with van der Waals surface area (Å²) in [5.74, 6) is 0.316. The lowest BCUT2D eigenvalue weighted by molar-refractivity contribution is 0.373. The Morgan fingerprint density at radius 1 is 1.10 bits per heavy atom. The molecular formula is C24H21FN2O2. The number of phenolic OH excluding ortho intramolecular Hbond substituents is 1. The van der Waals surface area contributed by atoms with Gasteiger partial charge in [0.1, 0.15) is 5.82 Å². The summed E-state index contributed by atoms with van der Waals surface area (Å²) < 4.78 is 18.7. The fourth-order valence-corrected chi connectivity index (χ4v) is 3.38. The number of halogens is 1. The van der Waals surface area contributed by atoms with Gasteiger partial charge in [-0.15, -0.1) is 0 Å². The van der Waals surface area contributed by atoms with Crippen LogP contribution in [0, 0.1) is 5.82 Å². The number of rotatable bonds is 5. The van der Waals surface area contributed by atoms with Crippen molar-refractivity contribution in [3.8, 4) is 22.6 Å². The molecule has 0 aliphatic carbocycles. The first-order valence-corrected chi connectivity index (χ1v) is 9.32. The number of allylic oxidation sites excluding steroid dienone is 1. The summed E-state index contributed by atoms with van der Waals surface area (Å²) in [5, 5.41) is 13.2. The number of nitrogens with one attached hydrogen (secondary N) is 1. The fourth-order valence-electron chi connectivity index (χ4n) is 3.38. The number of aromatic hydroxyl groups is 1. The first-order chi connectivity index (χ1) is 14.1. The van der Waals surface area contributed by atoms with Crippen LogP contribution in [0.5, 0.6) is 11.5 Å². The van der Waals surface area contributed by atoms with Crippen LogP contribution in [0.25, 0.3) is 16.7 Å². The van der Waals surface area contributed by atoms with Gasteiger partial charge < -0.3 is 15.2 Å². The van der Waals surface area contributed by atoms with Crippen molar-refractivity contribution in [2.75, 3.05) is 7.11 Å². The Morgan fingerprint density at radius 2 is 1.97 bits per heavy atom. The molecule has 0 saturated heterocycles. The van der Waals surface area contributed by atoms with Crippen LogP contribution in [0.3, 0.4) is 0 Å². The molecule has 0 fully saturated rings. The normalized spacial score (nSPS) is 13.9. The average Bonchev–Trinajstić information content (AvgIpc) is 2.74. The number of nitrogens with zero attached hydrogens (tertiary/aromatic N) is 1. The number of fused-ring (bicyclic) bond motifs is 1. The third-order valence-electron chi connectivity index (χ3n) is 4.88. The molecule has 0 atom stereocenters. The van der Waals surface area contributed by atoms with Gasteiger partial charge in [-0.3, -0.25) is 4.99 Å². The van der Waals surface area contributed by atoms with E-state index in [0.29, 0.717) is 18.8 Å². The van der Waals surface area contributed by atoms with Crippen LogP contribution >= 0.6 is 0 Å². The summed E-state index contributed by atoms with van der Waals surface area (Å²) >= 11 is 0. The summed E-state index contributed by atoms with van der Waals surface area (Å²) in [5.41, 5.74) is 5.90. The molecule has 1 heterocycles. The second-order valence-corrected chi connectivity index (χ2v) is 6.84. The van der Waals surface area contributed by atoms with Crippen LogP contribution in [0.2, 0.25) is 0 Å². The predicted molar refractivity (Wildman–Crippen MR) is 114 cm³/mol.